The molecule has 0 fully saturated rings. The fourth-order valence-electron chi connectivity index (χ4n) is 1.41. The van der Waals surface area contributed by atoms with Crippen LogP contribution in [0.3, 0.4) is 0 Å². The first-order valence-corrected chi connectivity index (χ1v) is 3.51. The minimum absolute atomic E-state index is 0.885. The first-order valence-electron chi connectivity index (χ1n) is 3.51. The monoisotopic (exact) mass is 143 g/mol. The molecule has 3 rings (SSSR count). The second-order valence-electron chi connectivity index (χ2n) is 2.56. The average Bonchev–Trinajstić information content (AvgIpc) is 2.64. The molecule has 2 bridgehead atoms. The summed E-state index contributed by atoms with van der Waals surface area (Å²) >= 11 is 0. The van der Waals surface area contributed by atoms with Gasteiger partial charge in [-0.25, -0.2) is 0 Å². The lowest BCUT2D eigenvalue weighted by Gasteiger charge is -1.86. The molecular formula is C9H5NO. The van der Waals surface area contributed by atoms with Gasteiger partial charge in [-0.15, -0.1) is 0 Å². The molecule has 0 amide bonds. The highest BCUT2D eigenvalue weighted by atomic mass is 16.3. The van der Waals surface area contributed by atoms with Crippen molar-refractivity contribution in [3.05, 3.63) is 30.5 Å². The predicted molar refractivity (Wildman–Crippen MR) is 42.7 cm³/mol. The largest absolute Gasteiger partial charge is 0.454 e. The van der Waals surface area contributed by atoms with Crippen molar-refractivity contribution in [1.29, 1.82) is 0 Å². The molecule has 2 nitrogen and oxygen atoms in total. The highest BCUT2D eigenvalue weighted by molar-refractivity contribution is 6.04. The fraction of sp³-hybridized carbons (Fsp3) is 0. The van der Waals surface area contributed by atoms with E-state index in [2.05, 4.69) is 4.98 Å². The number of rotatable bonds is 0. The Morgan fingerprint density at radius 2 is 2.00 bits per heavy atom. The highest BCUT2D eigenvalue weighted by Gasteiger charge is 2.07. The van der Waals surface area contributed by atoms with E-state index in [9.17, 15) is 0 Å². The zero-order valence-corrected chi connectivity index (χ0v) is 5.74. The molecule has 52 valence electrons. The molecule has 0 aliphatic heterocycles. The number of fused-ring (bicyclic) bond motifs is 5. The summed E-state index contributed by atoms with van der Waals surface area (Å²) in [4.78, 5) is 4.21. The number of benzene rings is 1. The molecule has 11 heavy (non-hydrogen) atoms. The number of hydrogen-bond acceptors (Lipinski definition) is 2. The number of pyridine rings is 1. The van der Waals surface area contributed by atoms with Crippen LogP contribution in [0.1, 0.15) is 0 Å². The molecule has 0 aliphatic rings. The van der Waals surface area contributed by atoms with Crippen LogP contribution in [0.15, 0.2) is 34.9 Å². The third-order valence-electron chi connectivity index (χ3n) is 1.91. The molecule has 0 aliphatic carbocycles. The minimum Gasteiger partial charge on any atom is -0.454 e. The summed E-state index contributed by atoms with van der Waals surface area (Å²) in [6, 6.07) is 7.86. The van der Waals surface area contributed by atoms with Gasteiger partial charge in [-0.2, -0.15) is 0 Å². The van der Waals surface area contributed by atoms with Gasteiger partial charge in [0.2, 0.25) is 0 Å². The second kappa shape index (κ2) is 1.53. The van der Waals surface area contributed by atoms with Crippen LogP contribution in [-0.2, 0) is 0 Å². The van der Waals surface area contributed by atoms with Crippen molar-refractivity contribution in [3.63, 3.8) is 0 Å². The van der Waals surface area contributed by atoms with Crippen LogP contribution in [0.4, 0.5) is 0 Å². The Labute approximate surface area is 62.8 Å². The van der Waals surface area contributed by atoms with Crippen LogP contribution in [-0.4, -0.2) is 4.98 Å². The van der Waals surface area contributed by atoms with E-state index in [0.717, 1.165) is 22.1 Å². The summed E-state index contributed by atoms with van der Waals surface area (Å²) in [7, 11) is 0. The van der Waals surface area contributed by atoms with Crippen LogP contribution >= 0.6 is 0 Å². The number of furan rings is 2. The average molecular weight is 143 g/mol. The third kappa shape index (κ3) is 0.499. The van der Waals surface area contributed by atoms with Crippen LogP contribution in [0.5, 0.6) is 0 Å². The molecule has 0 saturated heterocycles. The maximum atomic E-state index is 5.40. The van der Waals surface area contributed by atoms with Crippen LogP contribution in [0.25, 0.3) is 22.1 Å². The summed E-state index contributed by atoms with van der Waals surface area (Å²) in [6.45, 7) is 0. The summed E-state index contributed by atoms with van der Waals surface area (Å²) in [5.41, 5.74) is 2.80. The van der Waals surface area contributed by atoms with E-state index >= 15 is 0 Å². The maximum absolute atomic E-state index is 5.40. The molecule has 0 atom stereocenters. The SMILES string of the molecule is c1cnc2c3ccc(o3)c2c1. The van der Waals surface area contributed by atoms with E-state index in [1.54, 1.807) is 6.20 Å². The lowest BCUT2D eigenvalue weighted by Crippen LogP contribution is -1.71. The van der Waals surface area contributed by atoms with Gasteiger partial charge in [0.25, 0.3) is 0 Å². The molecular weight excluding hydrogens is 138 g/mol. The van der Waals surface area contributed by atoms with E-state index in [-0.39, 0.29) is 0 Å². The molecule has 2 heteroatoms. The van der Waals surface area contributed by atoms with Gasteiger partial charge >= 0.3 is 0 Å². The lowest BCUT2D eigenvalue weighted by molar-refractivity contribution is 0.678. The second-order valence-corrected chi connectivity index (χ2v) is 2.56. The molecule has 3 aromatic heterocycles. The Balaban J connectivity index is 2.76. The zero-order valence-electron chi connectivity index (χ0n) is 5.74. The Morgan fingerprint density at radius 3 is 2.91 bits per heavy atom. The van der Waals surface area contributed by atoms with E-state index in [1.807, 2.05) is 24.3 Å². The molecule has 0 unspecified atom stereocenters. The molecule has 0 N–H and O–H groups in total. The number of aromatic nitrogens is 1. The quantitative estimate of drug-likeness (QED) is 0.483. The summed E-state index contributed by atoms with van der Waals surface area (Å²) in [6.07, 6.45) is 1.78. The molecule has 0 spiro atoms. The van der Waals surface area contributed by atoms with Gasteiger partial charge in [0.1, 0.15) is 11.1 Å². The fourth-order valence-corrected chi connectivity index (χ4v) is 1.41. The van der Waals surface area contributed by atoms with Gasteiger partial charge < -0.3 is 4.42 Å². The predicted octanol–water partition coefficient (Wildman–Crippen LogP) is 2.42. The first kappa shape index (κ1) is 5.13. The van der Waals surface area contributed by atoms with Crippen molar-refractivity contribution < 1.29 is 4.42 Å². The lowest BCUT2D eigenvalue weighted by atomic mass is 10.2. The maximum Gasteiger partial charge on any atom is 0.153 e. The Bertz CT molecular complexity index is 453. The van der Waals surface area contributed by atoms with Crippen LogP contribution in [0.2, 0.25) is 0 Å². The standard InChI is InChI=1S/C9H5NO/c1-2-6-7-3-4-8(11-7)9(6)10-5-1/h1-5H. The number of hydrogen-bond donors (Lipinski definition) is 0. The minimum atomic E-state index is 0.885. The Hall–Kier alpha value is -1.57. The van der Waals surface area contributed by atoms with Crippen molar-refractivity contribution in [1.82, 2.24) is 4.98 Å². The number of nitrogens with zero attached hydrogens (tertiary/aromatic N) is 1. The van der Waals surface area contributed by atoms with E-state index in [1.165, 1.54) is 0 Å². The van der Waals surface area contributed by atoms with Crippen LogP contribution in [0, 0.1) is 0 Å². The van der Waals surface area contributed by atoms with Crippen molar-refractivity contribution in [3.8, 4) is 0 Å². The van der Waals surface area contributed by atoms with Gasteiger partial charge in [-0.05, 0) is 24.3 Å². The Kier molecular flexibility index (Phi) is 0.714. The van der Waals surface area contributed by atoms with Crippen molar-refractivity contribution in [2.75, 3.05) is 0 Å². The molecule has 0 aromatic carbocycles. The van der Waals surface area contributed by atoms with Crippen LogP contribution < -0.4 is 0 Å². The molecule has 0 saturated carbocycles. The molecule has 0 radical (unpaired) electrons. The first-order chi connectivity index (χ1) is 5.45. The van der Waals surface area contributed by atoms with Gasteiger partial charge in [0.15, 0.2) is 5.58 Å². The summed E-state index contributed by atoms with van der Waals surface area (Å²) in [5, 5.41) is 1.12. The van der Waals surface area contributed by atoms with Crippen molar-refractivity contribution >= 4 is 22.1 Å². The highest BCUT2D eigenvalue weighted by Crippen LogP contribution is 2.28. The zero-order chi connectivity index (χ0) is 7.26. The van der Waals surface area contributed by atoms with Gasteiger partial charge in [0.05, 0.1) is 0 Å². The molecule has 3 aromatic rings. The third-order valence-corrected chi connectivity index (χ3v) is 1.91. The van der Waals surface area contributed by atoms with Gasteiger partial charge in [-0.3, -0.25) is 4.98 Å². The van der Waals surface area contributed by atoms with E-state index in [4.69, 9.17) is 4.42 Å². The van der Waals surface area contributed by atoms with Crippen molar-refractivity contribution in [2.45, 2.75) is 0 Å². The van der Waals surface area contributed by atoms with Gasteiger partial charge in [-0.1, -0.05) is 0 Å². The molecule has 3 heterocycles. The van der Waals surface area contributed by atoms with E-state index in [0.29, 0.717) is 0 Å². The summed E-state index contributed by atoms with van der Waals surface area (Å²) < 4.78 is 5.40. The normalized spacial score (nSPS) is 11.6. The van der Waals surface area contributed by atoms with Gasteiger partial charge in [0, 0.05) is 11.6 Å². The summed E-state index contributed by atoms with van der Waals surface area (Å²) in [5.74, 6) is 0. The Morgan fingerprint density at radius 1 is 1.09 bits per heavy atom. The van der Waals surface area contributed by atoms with Crippen molar-refractivity contribution in [2.24, 2.45) is 0 Å². The van der Waals surface area contributed by atoms with E-state index < -0.39 is 0 Å². The topological polar surface area (TPSA) is 26.0 Å². The smallest absolute Gasteiger partial charge is 0.153 e.